The number of fused-ring (bicyclic) bond motifs is 1. The summed E-state index contributed by atoms with van der Waals surface area (Å²) in [6, 6.07) is 6.02. The van der Waals surface area contributed by atoms with Gasteiger partial charge >= 0.3 is 0 Å². The van der Waals surface area contributed by atoms with Crippen molar-refractivity contribution < 1.29 is 0 Å². The highest BCUT2D eigenvalue weighted by atomic mass is 15.0. The van der Waals surface area contributed by atoms with E-state index in [1.165, 1.54) is 5.56 Å². The smallest absolute Gasteiger partial charge is 0.222 e. The molecule has 0 atom stereocenters. The van der Waals surface area contributed by atoms with Crippen molar-refractivity contribution in [3.63, 3.8) is 0 Å². The van der Waals surface area contributed by atoms with E-state index in [2.05, 4.69) is 30.7 Å². The van der Waals surface area contributed by atoms with Crippen molar-refractivity contribution in [2.24, 2.45) is 0 Å². The van der Waals surface area contributed by atoms with Crippen LogP contribution in [0.3, 0.4) is 0 Å². The second-order valence-electron chi connectivity index (χ2n) is 4.95. The molecule has 4 heteroatoms. The predicted molar refractivity (Wildman–Crippen MR) is 67.1 cm³/mol. The van der Waals surface area contributed by atoms with Gasteiger partial charge in [0.25, 0.3) is 0 Å². The summed E-state index contributed by atoms with van der Waals surface area (Å²) in [6.45, 7) is 6.47. The van der Waals surface area contributed by atoms with Gasteiger partial charge in [-0.2, -0.15) is 4.98 Å². The van der Waals surface area contributed by atoms with Gasteiger partial charge in [-0.05, 0) is 23.1 Å². The molecule has 0 saturated heterocycles. The van der Waals surface area contributed by atoms with Crippen molar-refractivity contribution in [2.75, 3.05) is 11.5 Å². The van der Waals surface area contributed by atoms with Crippen molar-refractivity contribution in [1.82, 2.24) is 9.97 Å². The number of aromatic nitrogens is 2. The topological polar surface area (TPSA) is 77.8 Å². The predicted octanol–water partition coefficient (Wildman–Crippen LogP) is 2.09. The molecule has 1 aromatic heterocycles. The first-order valence-corrected chi connectivity index (χ1v) is 5.21. The van der Waals surface area contributed by atoms with Gasteiger partial charge in [0, 0.05) is 5.39 Å². The second kappa shape index (κ2) is 3.33. The number of nitrogens with two attached hydrogens (primary N) is 2. The minimum Gasteiger partial charge on any atom is -0.383 e. The van der Waals surface area contributed by atoms with E-state index in [9.17, 15) is 0 Å². The second-order valence-corrected chi connectivity index (χ2v) is 4.95. The maximum Gasteiger partial charge on any atom is 0.222 e. The minimum absolute atomic E-state index is 0.0853. The monoisotopic (exact) mass is 216 g/mol. The lowest BCUT2D eigenvalue weighted by Gasteiger charge is -2.19. The van der Waals surface area contributed by atoms with Crippen LogP contribution in [-0.4, -0.2) is 9.97 Å². The minimum atomic E-state index is 0.0853. The van der Waals surface area contributed by atoms with Crippen LogP contribution in [0.25, 0.3) is 10.9 Å². The average molecular weight is 216 g/mol. The van der Waals surface area contributed by atoms with Crippen molar-refractivity contribution in [1.29, 1.82) is 0 Å². The number of nitrogens with zero attached hydrogens (tertiary/aromatic N) is 2. The SMILES string of the molecule is CC(C)(C)c1ccc2nc(N)nc(N)c2c1. The molecule has 0 aliphatic rings. The Kier molecular flexibility index (Phi) is 2.22. The van der Waals surface area contributed by atoms with Crippen LogP contribution in [0.5, 0.6) is 0 Å². The molecule has 2 rings (SSSR count). The maximum absolute atomic E-state index is 5.84. The van der Waals surface area contributed by atoms with Crippen LogP contribution in [-0.2, 0) is 5.41 Å². The van der Waals surface area contributed by atoms with Crippen LogP contribution >= 0.6 is 0 Å². The molecule has 2 aromatic rings. The summed E-state index contributed by atoms with van der Waals surface area (Å²) in [7, 11) is 0. The molecule has 0 bridgehead atoms. The normalized spacial score (nSPS) is 11.9. The molecule has 1 heterocycles. The number of nitrogen functional groups attached to an aromatic ring is 2. The summed E-state index contributed by atoms with van der Waals surface area (Å²) in [5, 5.41) is 0.863. The maximum atomic E-state index is 5.84. The Bertz CT molecular complexity index is 540. The molecule has 0 amide bonds. The average Bonchev–Trinajstić information content (AvgIpc) is 2.15. The molecule has 16 heavy (non-hydrogen) atoms. The molecule has 1 aromatic carbocycles. The van der Waals surface area contributed by atoms with Gasteiger partial charge in [-0.3, -0.25) is 0 Å². The molecular formula is C12H16N4. The van der Waals surface area contributed by atoms with Crippen LogP contribution in [0.15, 0.2) is 18.2 Å². The van der Waals surface area contributed by atoms with Gasteiger partial charge in [0.1, 0.15) is 5.82 Å². The Morgan fingerprint density at radius 3 is 2.38 bits per heavy atom. The molecule has 0 aliphatic heterocycles. The molecule has 84 valence electrons. The third-order valence-electron chi connectivity index (χ3n) is 2.61. The zero-order valence-electron chi connectivity index (χ0n) is 9.78. The Balaban J connectivity index is 2.72. The van der Waals surface area contributed by atoms with E-state index < -0.39 is 0 Å². The highest BCUT2D eigenvalue weighted by Crippen LogP contribution is 2.27. The molecule has 0 unspecified atom stereocenters. The number of anilines is 2. The van der Waals surface area contributed by atoms with Crippen molar-refractivity contribution in [2.45, 2.75) is 26.2 Å². The summed E-state index contributed by atoms with van der Waals surface area (Å²) < 4.78 is 0. The molecule has 0 saturated carbocycles. The van der Waals surface area contributed by atoms with Gasteiger partial charge in [-0.1, -0.05) is 26.8 Å². The third-order valence-corrected chi connectivity index (χ3v) is 2.61. The summed E-state index contributed by atoms with van der Waals surface area (Å²) in [6.07, 6.45) is 0. The number of rotatable bonds is 0. The van der Waals surface area contributed by atoms with Crippen LogP contribution in [0.1, 0.15) is 26.3 Å². The van der Waals surface area contributed by atoms with E-state index in [0.29, 0.717) is 5.82 Å². The van der Waals surface area contributed by atoms with E-state index in [4.69, 9.17) is 11.5 Å². The quantitative estimate of drug-likeness (QED) is 0.706. The summed E-state index contributed by atoms with van der Waals surface area (Å²) in [5.74, 6) is 0.655. The lowest BCUT2D eigenvalue weighted by Crippen LogP contribution is -2.11. The summed E-state index contributed by atoms with van der Waals surface area (Å²) >= 11 is 0. The first kappa shape index (κ1) is 10.7. The van der Waals surface area contributed by atoms with Gasteiger partial charge in [0.15, 0.2) is 0 Å². The van der Waals surface area contributed by atoms with E-state index in [-0.39, 0.29) is 11.4 Å². The Labute approximate surface area is 94.7 Å². The zero-order valence-corrected chi connectivity index (χ0v) is 9.78. The Morgan fingerprint density at radius 2 is 1.75 bits per heavy atom. The Hall–Kier alpha value is -1.84. The van der Waals surface area contributed by atoms with Gasteiger partial charge < -0.3 is 11.5 Å². The van der Waals surface area contributed by atoms with E-state index in [1.54, 1.807) is 0 Å². The van der Waals surface area contributed by atoms with Crippen molar-refractivity contribution in [3.05, 3.63) is 23.8 Å². The molecule has 0 fully saturated rings. The highest BCUT2D eigenvalue weighted by Gasteiger charge is 2.15. The van der Waals surface area contributed by atoms with Gasteiger partial charge in [-0.25, -0.2) is 4.98 Å². The number of hydrogen-bond donors (Lipinski definition) is 2. The number of hydrogen-bond acceptors (Lipinski definition) is 4. The zero-order chi connectivity index (χ0) is 11.9. The fraction of sp³-hybridized carbons (Fsp3) is 0.333. The lowest BCUT2D eigenvalue weighted by molar-refractivity contribution is 0.591. The van der Waals surface area contributed by atoms with Crippen molar-refractivity contribution in [3.8, 4) is 0 Å². The van der Waals surface area contributed by atoms with Crippen LogP contribution in [0, 0.1) is 0 Å². The number of benzene rings is 1. The standard InChI is InChI=1S/C12H16N4/c1-12(2,3)7-4-5-9-8(6-7)10(13)16-11(14)15-9/h4-6H,1-3H3,(H4,13,14,15,16). The van der Waals surface area contributed by atoms with Gasteiger partial charge in [0.05, 0.1) is 5.52 Å². The van der Waals surface area contributed by atoms with Gasteiger partial charge in [-0.15, -0.1) is 0 Å². The molecule has 0 spiro atoms. The van der Waals surface area contributed by atoms with Crippen LogP contribution in [0.2, 0.25) is 0 Å². The van der Waals surface area contributed by atoms with E-state index in [0.717, 1.165) is 10.9 Å². The summed E-state index contributed by atoms with van der Waals surface area (Å²) in [5.41, 5.74) is 13.5. The first-order valence-electron chi connectivity index (χ1n) is 5.21. The fourth-order valence-electron chi connectivity index (χ4n) is 1.64. The van der Waals surface area contributed by atoms with Crippen molar-refractivity contribution >= 4 is 22.7 Å². The van der Waals surface area contributed by atoms with Gasteiger partial charge in [0.2, 0.25) is 5.95 Å². The van der Waals surface area contributed by atoms with Crippen LogP contribution in [0.4, 0.5) is 11.8 Å². The molecule has 0 aliphatic carbocycles. The largest absolute Gasteiger partial charge is 0.383 e. The first-order chi connectivity index (χ1) is 7.38. The lowest BCUT2D eigenvalue weighted by atomic mass is 9.86. The fourth-order valence-corrected chi connectivity index (χ4v) is 1.64. The molecule has 0 radical (unpaired) electrons. The third kappa shape index (κ3) is 1.78. The van der Waals surface area contributed by atoms with Crippen LogP contribution < -0.4 is 11.5 Å². The van der Waals surface area contributed by atoms with E-state index >= 15 is 0 Å². The molecule has 4 N–H and O–H groups in total. The molecular weight excluding hydrogens is 200 g/mol. The summed E-state index contributed by atoms with van der Waals surface area (Å²) in [4.78, 5) is 8.12. The highest BCUT2D eigenvalue weighted by molar-refractivity contribution is 5.89. The van der Waals surface area contributed by atoms with E-state index in [1.807, 2.05) is 18.2 Å². The molecule has 4 nitrogen and oxygen atoms in total. The Morgan fingerprint density at radius 1 is 1.06 bits per heavy atom.